The number of hydrogen-bond donors (Lipinski definition) is 1. The minimum absolute atomic E-state index is 0.0591. The van der Waals surface area contributed by atoms with Crippen molar-refractivity contribution < 1.29 is 23.1 Å². The molecule has 1 aliphatic heterocycles. The fraction of sp³-hybridized carbons (Fsp3) is 0.320. The number of carbonyl (C=O) groups excluding carboxylic acids is 2. The number of nitrogens with one attached hydrogen (secondary N) is 1. The Balaban J connectivity index is 1.22. The summed E-state index contributed by atoms with van der Waals surface area (Å²) in [4.78, 5) is 32.6. The van der Waals surface area contributed by atoms with E-state index in [0.29, 0.717) is 42.5 Å². The molecule has 1 N–H and O–H groups in total. The highest BCUT2D eigenvalue weighted by Gasteiger charge is 2.16. The van der Waals surface area contributed by atoms with Gasteiger partial charge in [0.25, 0.3) is 0 Å². The van der Waals surface area contributed by atoms with Crippen molar-refractivity contribution in [1.29, 1.82) is 0 Å². The highest BCUT2D eigenvalue weighted by molar-refractivity contribution is 5.94. The fourth-order valence-corrected chi connectivity index (χ4v) is 3.66. The van der Waals surface area contributed by atoms with E-state index in [1.165, 1.54) is 17.0 Å². The molecule has 2 aromatic carbocycles. The van der Waals surface area contributed by atoms with Gasteiger partial charge in [0.1, 0.15) is 5.82 Å². The second kappa shape index (κ2) is 10.9. The van der Waals surface area contributed by atoms with Gasteiger partial charge in [-0.15, -0.1) is 0 Å². The normalized spacial score (nSPS) is 13.5. The van der Waals surface area contributed by atoms with Crippen LogP contribution in [0.15, 0.2) is 59.1 Å². The maximum Gasteiger partial charge on any atom is 0.243 e. The standard InChI is InChI=1S/C25H27FN4O4/c1-29(17-23(31)28-20-6-8-21(9-7-20)30-12-14-33-15-13-30)25(32)11-10-24-27-16-22(34-24)18-2-4-19(26)5-3-18/h2-9,16H,10-15,17H2,1H3,(H,28,31). The molecule has 3 aromatic rings. The molecule has 1 aromatic heterocycles. The van der Waals surface area contributed by atoms with Gasteiger partial charge in [0.15, 0.2) is 11.7 Å². The van der Waals surface area contributed by atoms with Crippen LogP contribution >= 0.6 is 0 Å². The zero-order valence-corrected chi connectivity index (χ0v) is 19.0. The predicted molar refractivity (Wildman–Crippen MR) is 126 cm³/mol. The number of anilines is 2. The largest absolute Gasteiger partial charge is 0.441 e. The van der Waals surface area contributed by atoms with E-state index >= 15 is 0 Å². The lowest BCUT2D eigenvalue weighted by atomic mass is 10.2. The first-order valence-corrected chi connectivity index (χ1v) is 11.1. The van der Waals surface area contributed by atoms with Crippen molar-refractivity contribution in [3.63, 3.8) is 0 Å². The molecule has 178 valence electrons. The molecule has 2 heterocycles. The van der Waals surface area contributed by atoms with Crippen LogP contribution in [0.25, 0.3) is 11.3 Å². The maximum atomic E-state index is 13.1. The zero-order chi connectivity index (χ0) is 23.9. The number of ether oxygens (including phenoxy) is 1. The number of oxazole rings is 1. The number of likely N-dealkylation sites (N-methyl/N-ethyl adjacent to an activating group) is 1. The van der Waals surface area contributed by atoms with Crippen molar-refractivity contribution in [1.82, 2.24) is 9.88 Å². The number of nitrogens with zero attached hydrogens (tertiary/aromatic N) is 3. The summed E-state index contributed by atoms with van der Waals surface area (Å²) in [5.74, 6) is 0.121. The summed E-state index contributed by atoms with van der Waals surface area (Å²) in [6.07, 6.45) is 2.00. The van der Waals surface area contributed by atoms with E-state index in [2.05, 4.69) is 15.2 Å². The van der Waals surface area contributed by atoms with E-state index in [-0.39, 0.29) is 30.6 Å². The summed E-state index contributed by atoms with van der Waals surface area (Å²) in [6.45, 7) is 3.06. The van der Waals surface area contributed by atoms with Gasteiger partial charge in [-0.1, -0.05) is 0 Å². The number of benzene rings is 2. The molecule has 34 heavy (non-hydrogen) atoms. The number of amides is 2. The Morgan fingerprint density at radius 1 is 1.09 bits per heavy atom. The molecular formula is C25H27FN4O4. The van der Waals surface area contributed by atoms with Gasteiger partial charge in [0, 0.05) is 49.9 Å². The smallest absolute Gasteiger partial charge is 0.243 e. The molecule has 1 saturated heterocycles. The molecule has 4 rings (SSSR count). The number of aryl methyl sites for hydroxylation is 1. The van der Waals surface area contributed by atoms with Crippen molar-refractivity contribution in [2.24, 2.45) is 0 Å². The third-order valence-corrected chi connectivity index (χ3v) is 5.57. The lowest BCUT2D eigenvalue weighted by Crippen LogP contribution is -2.36. The van der Waals surface area contributed by atoms with Crippen LogP contribution in [0.2, 0.25) is 0 Å². The van der Waals surface area contributed by atoms with E-state index in [1.807, 2.05) is 24.3 Å². The summed E-state index contributed by atoms with van der Waals surface area (Å²) >= 11 is 0. The lowest BCUT2D eigenvalue weighted by Gasteiger charge is -2.28. The molecule has 0 radical (unpaired) electrons. The first-order valence-electron chi connectivity index (χ1n) is 11.1. The van der Waals surface area contributed by atoms with Crippen LogP contribution in [0.5, 0.6) is 0 Å². The van der Waals surface area contributed by atoms with Crippen molar-refractivity contribution in [3.05, 3.63) is 66.4 Å². The summed E-state index contributed by atoms with van der Waals surface area (Å²) in [5, 5.41) is 2.82. The molecule has 0 aliphatic carbocycles. The SMILES string of the molecule is CN(CC(=O)Nc1ccc(N2CCOCC2)cc1)C(=O)CCc1ncc(-c2ccc(F)cc2)o1. The third kappa shape index (κ3) is 6.20. The van der Waals surface area contributed by atoms with Crippen molar-refractivity contribution in [2.45, 2.75) is 12.8 Å². The van der Waals surface area contributed by atoms with Gasteiger partial charge < -0.3 is 24.3 Å². The highest BCUT2D eigenvalue weighted by atomic mass is 19.1. The minimum atomic E-state index is -0.328. The molecule has 8 nitrogen and oxygen atoms in total. The molecule has 0 atom stereocenters. The van der Waals surface area contributed by atoms with E-state index in [9.17, 15) is 14.0 Å². The number of aromatic nitrogens is 1. The molecular weight excluding hydrogens is 439 g/mol. The average Bonchev–Trinajstić information content (AvgIpc) is 3.33. The average molecular weight is 467 g/mol. The van der Waals surface area contributed by atoms with Crippen LogP contribution in [0.3, 0.4) is 0 Å². The fourth-order valence-electron chi connectivity index (χ4n) is 3.66. The highest BCUT2D eigenvalue weighted by Crippen LogP contribution is 2.21. The molecule has 2 amide bonds. The molecule has 0 bridgehead atoms. The Morgan fingerprint density at radius 3 is 2.50 bits per heavy atom. The second-order valence-electron chi connectivity index (χ2n) is 8.07. The van der Waals surface area contributed by atoms with E-state index in [1.54, 1.807) is 25.4 Å². The van der Waals surface area contributed by atoms with Gasteiger partial charge >= 0.3 is 0 Å². The van der Waals surface area contributed by atoms with E-state index in [4.69, 9.17) is 9.15 Å². The minimum Gasteiger partial charge on any atom is -0.441 e. The third-order valence-electron chi connectivity index (χ3n) is 5.57. The van der Waals surface area contributed by atoms with E-state index in [0.717, 1.165) is 18.8 Å². The van der Waals surface area contributed by atoms with Crippen LogP contribution in [0, 0.1) is 5.82 Å². The number of rotatable bonds is 8. The maximum absolute atomic E-state index is 13.1. The van der Waals surface area contributed by atoms with Gasteiger partial charge in [-0.2, -0.15) is 0 Å². The monoisotopic (exact) mass is 466 g/mol. The molecule has 0 unspecified atom stereocenters. The van der Waals surface area contributed by atoms with Crippen LogP contribution in [0.1, 0.15) is 12.3 Å². The van der Waals surface area contributed by atoms with Crippen molar-refractivity contribution >= 4 is 23.2 Å². The van der Waals surface area contributed by atoms with Crippen molar-refractivity contribution in [2.75, 3.05) is 50.1 Å². The van der Waals surface area contributed by atoms with Crippen LogP contribution in [-0.4, -0.2) is 61.6 Å². The summed E-state index contributed by atoms with van der Waals surface area (Å²) < 4.78 is 24.1. The molecule has 1 fully saturated rings. The quantitative estimate of drug-likeness (QED) is 0.548. The zero-order valence-electron chi connectivity index (χ0n) is 19.0. The Bertz CT molecular complexity index is 1110. The van der Waals surface area contributed by atoms with Crippen LogP contribution in [0.4, 0.5) is 15.8 Å². The lowest BCUT2D eigenvalue weighted by molar-refractivity contribution is -0.133. The van der Waals surface area contributed by atoms with Crippen molar-refractivity contribution in [3.8, 4) is 11.3 Å². The first-order chi connectivity index (χ1) is 16.5. The number of hydrogen-bond acceptors (Lipinski definition) is 6. The molecule has 0 spiro atoms. The molecule has 9 heteroatoms. The second-order valence-corrected chi connectivity index (χ2v) is 8.07. The Morgan fingerprint density at radius 2 is 1.79 bits per heavy atom. The Labute approximate surface area is 197 Å². The molecule has 0 saturated carbocycles. The summed E-state index contributed by atoms with van der Waals surface area (Å²) in [5.41, 5.74) is 2.47. The summed E-state index contributed by atoms with van der Waals surface area (Å²) in [6, 6.07) is 13.5. The Hall–Kier alpha value is -3.72. The topological polar surface area (TPSA) is 87.9 Å². The Kier molecular flexibility index (Phi) is 7.54. The predicted octanol–water partition coefficient (Wildman–Crippen LogP) is 3.35. The van der Waals surface area contributed by atoms with Crippen LogP contribution in [-0.2, 0) is 20.7 Å². The summed E-state index contributed by atoms with van der Waals surface area (Å²) in [7, 11) is 1.59. The number of morpholine rings is 1. The number of carbonyl (C=O) groups is 2. The van der Waals surface area contributed by atoms with Gasteiger partial charge in [-0.3, -0.25) is 9.59 Å². The van der Waals surface area contributed by atoms with E-state index < -0.39 is 0 Å². The van der Waals surface area contributed by atoms with Crippen LogP contribution < -0.4 is 10.2 Å². The molecule has 1 aliphatic rings. The number of halogens is 1. The van der Waals surface area contributed by atoms with Gasteiger partial charge in [-0.05, 0) is 48.5 Å². The van der Waals surface area contributed by atoms with Gasteiger partial charge in [-0.25, -0.2) is 9.37 Å². The van der Waals surface area contributed by atoms with Gasteiger partial charge in [0.05, 0.1) is 26.0 Å². The van der Waals surface area contributed by atoms with Gasteiger partial charge in [0.2, 0.25) is 11.8 Å². The first kappa shape index (κ1) is 23.4.